The van der Waals surface area contributed by atoms with Gasteiger partial charge in [0, 0.05) is 26.7 Å². The number of anilines is 2. The van der Waals surface area contributed by atoms with Crippen LogP contribution >= 0.6 is 23.4 Å². The summed E-state index contributed by atoms with van der Waals surface area (Å²) in [5.41, 5.74) is 0.199. The number of nitrogens with one attached hydrogen (secondary N) is 3. The number of alkyl halides is 3. The first-order valence-corrected chi connectivity index (χ1v) is 16.3. The first-order valence-electron chi connectivity index (χ1n) is 15.0. The van der Waals surface area contributed by atoms with Gasteiger partial charge in [0.05, 0.1) is 18.4 Å². The molecule has 50 heavy (non-hydrogen) atoms. The van der Waals surface area contributed by atoms with Crippen molar-refractivity contribution in [2.24, 2.45) is 0 Å². The molecule has 0 fully saturated rings. The quantitative estimate of drug-likeness (QED) is 0.0936. The van der Waals surface area contributed by atoms with Gasteiger partial charge in [-0.3, -0.25) is 14.4 Å². The van der Waals surface area contributed by atoms with Crippen LogP contribution in [0.25, 0.3) is 6.08 Å². The molecule has 5 aromatic carbocycles. The lowest BCUT2D eigenvalue weighted by Gasteiger charge is -2.20. The second kappa shape index (κ2) is 16.3. The molecule has 254 valence electrons. The summed E-state index contributed by atoms with van der Waals surface area (Å²) >= 11 is 6.91. The van der Waals surface area contributed by atoms with Gasteiger partial charge in [-0.05, 0) is 66.2 Å². The van der Waals surface area contributed by atoms with Crippen molar-refractivity contribution < 1.29 is 32.3 Å². The van der Waals surface area contributed by atoms with Crippen LogP contribution in [0.2, 0.25) is 5.02 Å². The number of ether oxygens (including phenoxy) is 1. The van der Waals surface area contributed by atoms with Crippen LogP contribution in [0.3, 0.4) is 0 Å². The van der Waals surface area contributed by atoms with Gasteiger partial charge in [-0.1, -0.05) is 84.4 Å². The Morgan fingerprint density at radius 1 is 0.800 bits per heavy atom. The maximum Gasteiger partial charge on any atom is 0.418 e. The standard InChI is InChI=1S/C38H29ClF3N3O4S/c1-49-33-18-9-8-15-26(33)21-32(45-35(46)25-13-6-3-7-14-25)36(47)43-28-16-10-17-29(23-28)50-34(24-11-4-2-5-12-24)37(48)44-31-20-19-27(39)22-30(31)38(40,41)42/h2-23,34H,1H3,(H,43,47)(H,44,48)(H,45,46)/b32-21+. The van der Waals surface area contributed by atoms with Gasteiger partial charge in [-0.25, -0.2) is 0 Å². The molecule has 7 nitrogen and oxygen atoms in total. The van der Waals surface area contributed by atoms with Crippen molar-refractivity contribution in [1.29, 1.82) is 0 Å². The van der Waals surface area contributed by atoms with Crippen LogP contribution in [0.15, 0.2) is 138 Å². The number of thioether (sulfide) groups is 1. The van der Waals surface area contributed by atoms with E-state index in [2.05, 4.69) is 16.0 Å². The van der Waals surface area contributed by atoms with E-state index in [0.717, 1.165) is 23.9 Å². The normalized spacial score (nSPS) is 12.1. The number of hydrogen-bond donors (Lipinski definition) is 3. The molecule has 5 aromatic rings. The van der Waals surface area contributed by atoms with E-state index >= 15 is 0 Å². The highest BCUT2D eigenvalue weighted by Gasteiger charge is 2.35. The molecule has 0 aliphatic heterocycles. The highest BCUT2D eigenvalue weighted by molar-refractivity contribution is 8.00. The molecule has 0 saturated heterocycles. The Hall–Kier alpha value is -5.52. The zero-order chi connectivity index (χ0) is 35.7. The van der Waals surface area contributed by atoms with E-state index in [4.69, 9.17) is 16.3 Å². The summed E-state index contributed by atoms with van der Waals surface area (Å²) in [7, 11) is 1.49. The van der Waals surface area contributed by atoms with Crippen molar-refractivity contribution in [3.05, 3.63) is 160 Å². The van der Waals surface area contributed by atoms with E-state index in [0.29, 0.717) is 33.0 Å². The Balaban J connectivity index is 1.41. The smallest absolute Gasteiger partial charge is 0.418 e. The minimum absolute atomic E-state index is 0.0635. The molecule has 3 amide bonds. The molecule has 0 aliphatic carbocycles. The van der Waals surface area contributed by atoms with E-state index in [1.54, 1.807) is 109 Å². The third-order valence-corrected chi connectivity index (χ3v) is 8.68. The number of para-hydroxylation sites is 1. The monoisotopic (exact) mass is 715 g/mol. The van der Waals surface area contributed by atoms with E-state index in [1.807, 2.05) is 0 Å². The van der Waals surface area contributed by atoms with Gasteiger partial charge in [0.15, 0.2) is 0 Å². The number of amides is 3. The maximum absolute atomic E-state index is 13.8. The van der Waals surface area contributed by atoms with Crippen LogP contribution < -0.4 is 20.7 Å². The largest absolute Gasteiger partial charge is 0.496 e. The minimum atomic E-state index is -4.76. The first-order chi connectivity index (χ1) is 24.0. The van der Waals surface area contributed by atoms with Gasteiger partial charge >= 0.3 is 6.18 Å². The Kier molecular flexibility index (Phi) is 11.6. The number of halogens is 4. The van der Waals surface area contributed by atoms with E-state index in [1.165, 1.54) is 19.3 Å². The summed E-state index contributed by atoms with van der Waals surface area (Å²) in [5.74, 6) is -1.36. The lowest BCUT2D eigenvalue weighted by atomic mass is 10.1. The summed E-state index contributed by atoms with van der Waals surface area (Å²) in [5, 5.41) is 6.80. The third kappa shape index (κ3) is 9.34. The van der Waals surface area contributed by atoms with Crippen LogP contribution in [-0.4, -0.2) is 24.8 Å². The number of benzene rings is 5. The van der Waals surface area contributed by atoms with E-state index < -0.39 is 40.4 Å². The van der Waals surface area contributed by atoms with Crippen LogP contribution in [0.1, 0.15) is 32.3 Å². The molecule has 0 heterocycles. The van der Waals surface area contributed by atoms with Gasteiger partial charge < -0.3 is 20.7 Å². The molecule has 0 aliphatic rings. The molecule has 0 aromatic heterocycles. The molecule has 0 spiro atoms. The molecule has 3 N–H and O–H groups in total. The van der Waals surface area contributed by atoms with Crippen molar-refractivity contribution in [2.45, 2.75) is 16.3 Å². The topological polar surface area (TPSA) is 96.5 Å². The average molecular weight is 716 g/mol. The maximum atomic E-state index is 13.8. The zero-order valence-electron chi connectivity index (χ0n) is 26.3. The summed E-state index contributed by atoms with van der Waals surface area (Å²) in [6, 6.07) is 33.7. The summed E-state index contributed by atoms with van der Waals surface area (Å²) in [6.07, 6.45) is -3.26. The summed E-state index contributed by atoms with van der Waals surface area (Å²) in [4.78, 5) is 40.9. The Morgan fingerprint density at radius 2 is 1.48 bits per heavy atom. The molecular formula is C38H29ClF3N3O4S. The van der Waals surface area contributed by atoms with E-state index in [9.17, 15) is 27.6 Å². The van der Waals surface area contributed by atoms with Crippen molar-refractivity contribution in [2.75, 3.05) is 17.7 Å². The van der Waals surface area contributed by atoms with Gasteiger partial charge in [-0.2, -0.15) is 13.2 Å². The van der Waals surface area contributed by atoms with Gasteiger partial charge in [-0.15, -0.1) is 11.8 Å². The highest BCUT2D eigenvalue weighted by atomic mass is 35.5. The third-order valence-electron chi connectivity index (χ3n) is 7.20. The predicted molar refractivity (Wildman–Crippen MR) is 190 cm³/mol. The van der Waals surface area contributed by atoms with Crippen molar-refractivity contribution in [3.8, 4) is 5.75 Å². The van der Waals surface area contributed by atoms with Crippen LogP contribution in [0, 0.1) is 0 Å². The lowest BCUT2D eigenvalue weighted by molar-refractivity contribution is -0.137. The SMILES string of the molecule is COc1ccccc1/C=C(/NC(=O)c1ccccc1)C(=O)Nc1cccc(SC(C(=O)Nc2ccc(Cl)cc2C(F)(F)F)c2ccccc2)c1. The fourth-order valence-corrected chi connectivity index (χ4v) is 6.08. The van der Waals surface area contributed by atoms with E-state index in [-0.39, 0.29) is 10.7 Å². The second-order valence-corrected chi connectivity index (χ2v) is 12.3. The fraction of sp³-hybridized carbons (Fsp3) is 0.0789. The zero-order valence-corrected chi connectivity index (χ0v) is 27.9. The average Bonchev–Trinajstić information content (AvgIpc) is 3.11. The Bertz CT molecular complexity index is 2030. The number of hydrogen-bond acceptors (Lipinski definition) is 5. The fourth-order valence-electron chi connectivity index (χ4n) is 4.82. The number of carbonyl (C=O) groups is 3. The molecule has 0 radical (unpaired) electrons. The van der Waals surface area contributed by atoms with Crippen molar-refractivity contribution in [1.82, 2.24) is 5.32 Å². The molecule has 12 heteroatoms. The van der Waals surface area contributed by atoms with Crippen LogP contribution in [-0.2, 0) is 15.8 Å². The predicted octanol–water partition coefficient (Wildman–Crippen LogP) is 9.25. The van der Waals surface area contributed by atoms with Gasteiger partial charge in [0.25, 0.3) is 11.8 Å². The van der Waals surface area contributed by atoms with Gasteiger partial charge in [0.2, 0.25) is 5.91 Å². The van der Waals surface area contributed by atoms with Crippen LogP contribution in [0.5, 0.6) is 5.75 Å². The van der Waals surface area contributed by atoms with Crippen LogP contribution in [0.4, 0.5) is 24.5 Å². The molecule has 1 atom stereocenters. The Labute approximate surface area is 295 Å². The number of rotatable bonds is 11. The minimum Gasteiger partial charge on any atom is -0.496 e. The Morgan fingerprint density at radius 3 is 2.18 bits per heavy atom. The summed E-state index contributed by atoms with van der Waals surface area (Å²) < 4.78 is 46.8. The molecule has 1 unspecified atom stereocenters. The second-order valence-electron chi connectivity index (χ2n) is 10.7. The van der Waals surface area contributed by atoms with Gasteiger partial charge in [0.1, 0.15) is 16.7 Å². The number of methoxy groups -OCH3 is 1. The molecule has 5 rings (SSSR count). The first kappa shape index (κ1) is 35.8. The molecule has 0 bridgehead atoms. The van der Waals surface area contributed by atoms with Crippen molar-refractivity contribution in [3.63, 3.8) is 0 Å². The lowest BCUT2D eigenvalue weighted by Crippen LogP contribution is -2.30. The molecular weight excluding hydrogens is 687 g/mol. The summed E-state index contributed by atoms with van der Waals surface area (Å²) in [6.45, 7) is 0. The highest BCUT2D eigenvalue weighted by Crippen LogP contribution is 2.40. The molecule has 0 saturated carbocycles. The number of carbonyl (C=O) groups excluding carboxylic acids is 3. The van der Waals surface area contributed by atoms with Crippen molar-refractivity contribution >= 4 is 58.5 Å².